The Morgan fingerprint density at radius 3 is 2.56 bits per heavy atom. The van der Waals surface area contributed by atoms with E-state index in [4.69, 9.17) is 10.6 Å². The number of nitrogens with two attached hydrogens (primary N) is 1. The molecule has 0 amide bonds. The van der Waals surface area contributed by atoms with Crippen LogP contribution in [0, 0.1) is 12.8 Å². The van der Waals surface area contributed by atoms with Crippen LogP contribution in [0.5, 0.6) is 0 Å². The van der Waals surface area contributed by atoms with Crippen LogP contribution in [0.2, 0.25) is 0 Å². The molecule has 3 N–H and O–H groups in total. The Bertz CT molecular complexity index is 329. The standard InChI is InChI=1S/C14H24N2OS/c1-11-4-6-13(7-5-11)18-10-14(16-15)12(2)8-9-17-3/h4-7,12,14,16H,8-10,15H2,1-3H3. The van der Waals surface area contributed by atoms with Crippen LogP contribution < -0.4 is 11.3 Å². The molecule has 0 spiro atoms. The molecule has 102 valence electrons. The van der Waals surface area contributed by atoms with Gasteiger partial charge in [-0.25, -0.2) is 0 Å². The summed E-state index contributed by atoms with van der Waals surface area (Å²) in [4.78, 5) is 1.29. The molecule has 0 aliphatic carbocycles. The van der Waals surface area contributed by atoms with Gasteiger partial charge >= 0.3 is 0 Å². The van der Waals surface area contributed by atoms with E-state index in [9.17, 15) is 0 Å². The lowest BCUT2D eigenvalue weighted by molar-refractivity contribution is 0.172. The Morgan fingerprint density at radius 1 is 1.33 bits per heavy atom. The fourth-order valence-electron chi connectivity index (χ4n) is 1.70. The average Bonchev–Trinajstić information content (AvgIpc) is 2.39. The summed E-state index contributed by atoms with van der Waals surface area (Å²) in [6, 6.07) is 8.91. The Labute approximate surface area is 114 Å². The second-order valence-electron chi connectivity index (χ2n) is 4.66. The van der Waals surface area contributed by atoms with Crippen LogP contribution in [0.3, 0.4) is 0 Å². The zero-order chi connectivity index (χ0) is 13.4. The number of hydrogen-bond acceptors (Lipinski definition) is 4. The number of methoxy groups -OCH3 is 1. The van der Waals surface area contributed by atoms with E-state index in [1.165, 1.54) is 10.5 Å². The molecule has 3 nitrogen and oxygen atoms in total. The van der Waals surface area contributed by atoms with E-state index in [0.29, 0.717) is 12.0 Å². The van der Waals surface area contributed by atoms with Crippen LogP contribution in [-0.4, -0.2) is 25.5 Å². The Kier molecular flexibility index (Phi) is 7.35. The first-order valence-electron chi connectivity index (χ1n) is 6.32. The van der Waals surface area contributed by atoms with E-state index in [0.717, 1.165) is 18.8 Å². The van der Waals surface area contributed by atoms with Crippen LogP contribution in [0.4, 0.5) is 0 Å². The van der Waals surface area contributed by atoms with E-state index < -0.39 is 0 Å². The summed E-state index contributed by atoms with van der Waals surface area (Å²) in [6.07, 6.45) is 1.03. The zero-order valence-electron chi connectivity index (χ0n) is 11.5. The van der Waals surface area contributed by atoms with Crippen molar-refractivity contribution in [1.82, 2.24) is 5.43 Å². The van der Waals surface area contributed by atoms with Crippen molar-refractivity contribution in [2.45, 2.75) is 31.2 Å². The predicted molar refractivity (Wildman–Crippen MR) is 78.7 cm³/mol. The van der Waals surface area contributed by atoms with Gasteiger partial charge in [0.15, 0.2) is 0 Å². The monoisotopic (exact) mass is 268 g/mol. The van der Waals surface area contributed by atoms with Crippen molar-refractivity contribution in [3.05, 3.63) is 29.8 Å². The topological polar surface area (TPSA) is 47.3 Å². The molecule has 0 radical (unpaired) electrons. The van der Waals surface area contributed by atoms with Crippen molar-refractivity contribution in [3.63, 3.8) is 0 Å². The van der Waals surface area contributed by atoms with Crippen LogP contribution in [-0.2, 0) is 4.74 Å². The van der Waals surface area contributed by atoms with Gasteiger partial charge in [-0.2, -0.15) is 0 Å². The molecule has 0 aliphatic rings. The molecule has 0 saturated heterocycles. The molecule has 0 saturated carbocycles. The first-order valence-corrected chi connectivity index (χ1v) is 7.30. The Hall–Kier alpha value is -0.550. The van der Waals surface area contributed by atoms with E-state index in [2.05, 4.69) is 43.5 Å². The third kappa shape index (κ3) is 5.40. The van der Waals surface area contributed by atoms with Gasteiger partial charge in [-0.3, -0.25) is 11.3 Å². The summed E-state index contributed by atoms with van der Waals surface area (Å²) in [5.74, 6) is 7.11. The SMILES string of the molecule is COCCC(C)C(CSc1ccc(C)cc1)NN. The van der Waals surface area contributed by atoms with Gasteiger partial charge in [0.1, 0.15) is 0 Å². The number of benzene rings is 1. The molecule has 1 aromatic carbocycles. The second-order valence-corrected chi connectivity index (χ2v) is 5.75. The van der Waals surface area contributed by atoms with Gasteiger partial charge in [-0.05, 0) is 31.4 Å². The van der Waals surface area contributed by atoms with Crippen molar-refractivity contribution in [2.75, 3.05) is 19.5 Å². The molecule has 4 heteroatoms. The first-order chi connectivity index (χ1) is 8.67. The summed E-state index contributed by atoms with van der Waals surface area (Å²) < 4.78 is 5.11. The van der Waals surface area contributed by atoms with E-state index in [-0.39, 0.29) is 0 Å². The van der Waals surface area contributed by atoms with Gasteiger partial charge in [-0.15, -0.1) is 11.8 Å². The molecule has 2 unspecified atom stereocenters. The molecule has 18 heavy (non-hydrogen) atoms. The van der Waals surface area contributed by atoms with Crippen molar-refractivity contribution >= 4 is 11.8 Å². The molecule has 0 aromatic heterocycles. The normalized spacial score (nSPS) is 14.4. The third-order valence-electron chi connectivity index (χ3n) is 3.13. The lowest BCUT2D eigenvalue weighted by Gasteiger charge is -2.22. The van der Waals surface area contributed by atoms with Crippen molar-refractivity contribution in [2.24, 2.45) is 11.8 Å². The summed E-state index contributed by atoms with van der Waals surface area (Å²) in [5.41, 5.74) is 4.21. The molecule has 0 fully saturated rings. The highest BCUT2D eigenvalue weighted by molar-refractivity contribution is 7.99. The highest BCUT2D eigenvalue weighted by Crippen LogP contribution is 2.22. The van der Waals surface area contributed by atoms with E-state index >= 15 is 0 Å². The Balaban J connectivity index is 2.41. The number of thioether (sulfide) groups is 1. The largest absolute Gasteiger partial charge is 0.385 e. The van der Waals surface area contributed by atoms with Gasteiger partial charge < -0.3 is 4.74 Å². The summed E-state index contributed by atoms with van der Waals surface area (Å²) in [7, 11) is 1.73. The molecule has 0 aliphatic heterocycles. The minimum absolute atomic E-state index is 0.312. The van der Waals surface area contributed by atoms with Crippen LogP contribution >= 0.6 is 11.8 Å². The summed E-state index contributed by atoms with van der Waals surface area (Å²) in [6.45, 7) is 5.10. The second kappa shape index (κ2) is 8.53. The number of rotatable bonds is 8. The van der Waals surface area contributed by atoms with Crippen LogP contribution in [0.15, 0.2) is 29.2 Å². The van der Waals surface area contributed by atoms with Gasteiger partial charge in [0.2, 0.25) is 0 Å². The summed E-state index contributed by atoms with van der Waals surface area (Å²) in [5, 5.41) is 0. The maximum Gasteiger partial charge on any atom is 0.0465 e. The van der Waals surface area contributed by atoms with Crippen LogP contribution in [0.25, 0.3) is 0 Å². The third-order valence-corrected chi connectivity index (χ3v) is 4.26. The molecule has 2 atom stereocenters. The van der Waals surface area contributed by atoms with E-state index in [1.54, 1.807) is 7.11 Å². The average molecular weight is 268 g/mol. The maximum atomic E-state index is 5.63. The highest BCUT2D eigenvalue weighted by Gasteiger charge is 2.15. The van der Waals surface area contributed by atoms with Crippen molar-refractivity contribution < 1.29 is 4.74 Å². The fraction of sp³-hybridized carbons (Fsp3) is 0.571. The molecule has 0 heterocycles. The number of nitrogens with one attached hydrogen (secondary N) is 1. The minimum Gasteiger partial charge on any atom is -0.385 e. The molecular formula is C14H24N2OS. The highest BCUT2D eigenvalue weighted by atomic mass is 32.2. The smallest absolute Gasteiger partial charge is 0.0465 e. The lowest BCUT2D eigenvalue weighted by atomic mass is 10.0. The minimum atomic E-state index is 0.312. The summed E-state index contributed by atoms with van der Waals surface area (Å²) >= 11 is 1.84. The van der Waals surface area contributed by atoms with Crippen molar-refractivity contribution in [3.8, 4) is 0 Å². The van der Waals surface area contributed by atoms with Gasteiger partial charge in [0.25, 0.3) is 0 Å². The first kappa shape index (κ1) is 15.5. The number of hydrogen-bond donors (Lipinski definition) is 2. The molecule has 1 rings (SSSR count). The van der Waals surface area contributed by atoms with Gasteiger partial charge in [0.05, 0.1) is 0 Å². The van der Waals surface area contributed by atoms with Gasteiger partial charge in [0, 0.05) is 30.4 Å². The van der Waals surface area contributed by atoms with Gasteiger partial charge in [-0.1, -0.05) is 24.6 Å². The molecule has 0 bridgehead atoms. The van der Waals surface area contributed by atoms with Crippen LogP contribution in [0.1, 0.15) is 18.9 Å². The maximum absolute atomic E-state index is 5.63. The number of aryl methyl sites for hydroxylation is 1. The molecular weight excluding hydrogens is 244 g/mol. The quantitative estimate of drug-likeness (QED) is 0.432. The van der Waals surface area contributed by atoms with E-state index in [1.807, 2.05) is 11.8 Å². The number of ether oxygens (including phenoxy) is 1. The fourth-order valence-corrected chi connectivity index (χ4v) is 2.83. The Morgan fingerprint density at radius 2 is 2.00 bits per heavy atom. The lowest BCUT2D eigenvalue weighted by Crippen LogP contribution is -2.42. The number of hydrazine groups is 1. The molecule has 1 aromatic rings. The van der Waals surface area contributed by atoms with Crippen molar-refractivity contribution in [1.29, 1.82) is 0 Å². The zero-order valence-corrected chi connectivity index (χ0v) is 12.3. The predicted octanol–water partition coefficient (Wildman–Crippen LogP) is 2.59.